The van der Waals surface area contributed by atoms with Crippen molar-refractivity contribution in [1.29, 1.82) is 0 Å². The number of sulfonamides is 1. The Kier molecular flexibility index (Phi) is 2.94. The smallest absolute Gasteiger partial charge is 0.257 e. The third kappa shape index (κ3) is 2.07. The van der Waals surface area contributed by atoms with Crippen LogP contribution < -0.4 is 4.72 Å². The summed E-state index contributed by atoms with van der Waals surface area (Å²) in [6.07, 6.45) is 6.53. The number of hydrogen-bond acceptors (Lipinski definition) is 3. The van der Waals surface area contributed by atoms with Gasteiger partial charge in [-0.15, -0.1) is 0 Å². The van der Waals surface area contributed by atoms with Gasteiger partial charge in [0.05, 0.1) is 6.20 Å². The highest BCUT2D eigenvalue weighted by Crippen LogP contribution is 2.49. The average molecular weight is 269 g/mol. The van der Waals surface area contributed by atoms with E-state index in [0.29, 0.717) is 5.92 Å². The Morgan fingerprint density at radius 1 is 1.44 bits per heavy atom. The van der Waals surface area contributed by atoms with E-state index < -0.39 is 10.0 Å². The Balaban J connectivity index is 1.70. The molecule has 2 aliphatic carbocycles. The monoisotopic (exact) mass is 269 g/mol. The van der Waals surface area contributed by atoms with Gasteiger partial charge in [-0.2, -0.15) is 5.10 Å². The third-order valence-corrected chi connectivity index (χ3v) is 6.03. The Labute approximate surface area is 107 Å². The van der Waals surface area contributed by atoms with Crippen molar-refractivity contribution in [2.45, 2.75) is 43.7 Å². The number of hydrogen-bond donors (Lipinski definition) is 2. The highest BCUT2D eigenvalue weighted by atomic mass is 32.2. The number of rotatable bonds is 4. The molecular formula is C12H19N3O2S. The molecule has 0 spiro atoms. The van der Waals surface area contributed by atoms with Gasteiger partial charge in [-0.05, 0) is 50.0 Å². The number of H-pyrrole nitrogens is 1. The minimum Gasteiger partial charge on any atom is -0.266 e. The van der Waals surface area contributed by atoms with Crippen LogP contribution in [0.1, 0.15) is 32.6 Å². The maximum atomic E-state index is 12.1. The molecule has 2 bridgehead atoms. The summed E-state index contributed by atoms with van der Waals surface area (Å²) in [6, 6.07) is 1.49. The van der Waals surface area contributed by atoms with E-state index in [0.717, 1.165) is 11.8 Å². The second-order valence-corrected chi connectivity index (χ2v) is 7.35. The Hall–Kier alpha value is -0.880. The van der Waals surface area contributed by atoms with Crippen LogP contribution >= 0.6 is 0 Å². The molecule has 3 rings (SSSR count). The van der Waals surface area contributed by atoms with Crippen LogP contribution in [0.4, 0.5) is 0 Å². The zero-order valence-corrected chi connectivity index (χ0v) is 11.3. The van der Waals surface area contributed by atoms with Crippen molar-refractivity contribution in [3.8, 4) is 0 Å². The standard InChI is InChI=1S/C12H19N3O2S/c1-8(11-7-9-2-3-10(11)6-9)15-18(16,17)12-4-5-13-14-12/h4-5,8-11,15H,2-3,6-7H2,1H3,(H,13,14). The lowest BCUT2D eigenvalue weighted by atomic mass is 9.84. The van der Waals surface area contributed by atoms with Crippen LogP contribution in [0.2, 0.25) is 0 Å². The molecule has 0 aromatic carbocycles. The van der Waals surface area contributed by atoms with Gasteiger partial charge in [0.15, 0.2) is 5.03 Å². The predicted molar refractivity (Wildman–Crippen MR) is 67.3 cm³/mol. The van der Waals surface area contributed by atoms with Gasteiger partial charge in [0, 0.05) is 6.04 Å². The van der Waals surface area contributed by atoms with Crippen LogP contribution in [0, 0.1) is 17.8 Å². The summed E-state index contributed by atoms with van der Waals surface area (Å²) in [5, 5.41) is 6.34. The summed E-state index contributed by atoms with van der Waals surface area (Å²) in [5.74, 6) is 2.05. The van der Waals surface area contributed by atoms with E-state index in [4.69, 9.17) is 0 Å². The van der Waals surface area contributed by atoms with Crippen molar-refractivity contribution in [3.05, 3.63) is 12.3 Å². The Bertz CT molecular complexity index is 511. The Morgan fingerprint density at radius 3 is 2.83 bits per heavy atom. The van der Waals surface area contributed by atoms with Gasteiger partial charge in [-0.3, -0.25) is 5.10 Å². The van der Waals surface area contributed by atoms with Gasteiger partial charge in [0.25, 0.3) is 10.0 Å². The first-order valence-corrected chi connectivity index (χ1v) is 8.06. The normalized spacial score (nSPS) is 32.8. The number of nitrogens with one attached hydrogen (secondary N) is 2. The lowest BCUT2D eigenvalue weighted by molar-refractivity contribution is 0.280. The van der Waals surface area contributed by atoms with E-state index in [-0.39, 0.29) is 11.1 Å². The molecule has 1 heterocycles. The molecule has 1 aromatic rings. The summed E-state index contributed by atoms with van der Waals surface area (Å²) < 4.78 is 27.0. The molecule has 4 atom stereocenters. The van der Waals surface area contributed by atoms with Gasteiger partial charge < -0.3 is 0 Å². The lowest BCUT2D eigenvalue weighted by Gasteiger charge is -2.28. The van der Waals surface area contributed by atoms with E-state index >= 15 is 0 Å². The molecule has 0 amide bonds. The molecule has 6 heteroatoms. The average Bonchev–Trinajstić information content (AvgIpc) is 3.05. The fraction of sp³-hybridized carbons (Fsp3) is 0.750. The molecule has 0 aliphatic heterocycles. The van der Waals surface area contributed by atoms with Crippen LogP contribution in [-0.2, 0) is 10.0 Å². The minimum atomic E-state index is -3.44. The van der Waals surface area contributed by atoms with Crippen molar-refractivity contribution in [3.63, 3.8) is 0 Å². The molecule has 4 unspecified atom stereocenters. The van der Waals surface area contributed by atoms with Crippen molar-refractivity contribution in [2.75, 3.05) is 0 Å². The van der Waals surface area contributed by atoms with Crippen LogP contribution in [0.25, 0.3) is 0 Å². The summed E-state index contributed by atoms with van der Waals surface area (Å²) >= 11 is 0. The van der Waals surface area contributed by atoms with Crippen LogP contribution in [0.5, 0.6) is 0 Å². The van der Waals surface area contributed by atoms with Gasteiger partial charge >= 0.3 is 0 Å². The summed E-state index contributed by atoms with van der Waals surface area (Å²) in [4.78, 5) is 0. The Morgan fingerprint density at radius 2 is 2.28 bits per heavy atom. The van der Waals surface area contributed by atoms with Gasteiger partial charge in [0.1, 0.15) is 0 Å². The summed E-state index contributed by atoms with van der Waals surface area (Å²) in [7, 11) is -3.44. The minimum absolute atomic E-state index is 0.00796. The molecule has 2 aliphatic rings. The number of nitrogens with zero attached hydrogens (tertiary/aromatic N) is 1. The maximum Gasteiger partial charge on any atom is 0.257 e. The zero-order valence-electron chi connectivity index (χ0n) is 10.5. The predicted octanol–water partition coefficient (Wildman–Crippen LogP) is 1.51. The van der Waals surface area contributed by atoms with Crippen molar-refractivity contribution >= 4 is 10.0 Å². The lowest BCUT2D eigenvalue weighted by Crippen LogP contribution is -2.40. The molecule has 2 fully saturated rings. The number of fused-ring (bicyclic) bond motifs is 2. The zero-order chi connectivity index (χ0) is 12.8. The van der Waals surface area contributed by atoms with Crippen LogP contribution in [0.3, 0.4) is 0 Å². The van der Waals surface area contributed by atoms with E-state index in [1.807, 2.05) is 6.92 Å². The summed E-state index contributed by atoms with van der Waals surface area (Å²) in [5.41, 5.74) is 0. The highest BCUT2D eigenvalue weighted by Gasteiger charge is 2.42. The summed E-state index contributed by atoms with van der Waals surface area (Å²) in [6.45, 7) is 1.99. The fourth-order valence-electron chi connectivity index (χ4n) is 3.69. The SMILES string of the molecule is CC(NS(=O)(=O)c1ccn[nH]1)C1CC2CCC1C2. The van der Waals surface area contributed by atoms with Gasteiger partial charge in [-0.1, -0.05) is 6.42 Å². The van der Waals surface area contributed by atoms with E-state index in [1.54, 1.807) is 0 Å². The first-order valence-electron chi connectivity index (χ1n) is 6.58. The largest absolute Gasteiger partial charge is 0.266 e. The third-order valence-electron chi connectivity index (χ3n) is 4.54. The molecule has 18 heavy (non-hydrogen) atoms. The maximum absolute atomic E-state index is 12.1. The molecule has 0 radical (unpaired) electrons. The van der Waals surface area contributed by atoms with Crippen molar-refractivity contribution in [1.82, 2.24) is 14.9 Å². The molecule has 5 nitrogen and oxygen atoms in total. The molecule has 1 aromatic heterocycles. The number of aromatic nitrogens is 2. The van der Waals surface area contributed by atoms with Crippen LogP contribution in [0.15, 0.2) is 17.3 Å². The van der Waals surface area contributed by atoms with Gasteiger partial charge in [0.2, 0.25) is 0 Å². The first kappa shape index (κ1) is 12.2. The molecule has 2 saturated carbocycles. The highest BCUT2D eigenvalue weighted by molar-refractivity contribution is 7.89. The molecule has 100 valence electrons. The van der Waals surface area contributed by atoms with Crippen LogP contribution in [-0.4, -0.2) is 24.7 Å². The second kappa shape index (κ2) is 4.35. The second-order valence-electron chi connectivity index (χ2n) is 5.67. The molecule has 0 saturated heterocycles. The van der Waals surface area contributed by atoms with E-state index in [9.17, 15) is 8.42 Å². The van der Waals surface area contributed by atoms with Crippen molar-refractivity contribution < 1.29 is 8.42 Å². The van der Waals surface area contributed by atoms with E-state index in [1.165, 1.54) is 37.9 Å². The van der Waals surface area contributed by atoms with E-state index in [2.05, 4.69) is 14.9 Å². The molecular weight excluding hydrogens is 250 g/mol. The quantitative estimate of drug-likeness (QED) is 0.870. The van der Waals surface area contributed by atoms with Gasteiger partial charge in [-0.25, -0.2) is 13.1 Å². The van der Waals surface area contributed by atoms with Crippen molar-refractivity contribution in [2.24, 2.45) is 17.8 Å². The molecule has 2 N–H and O–H groups in total. The fourth-order valence-corrected chi connectivity index (χ4v) is 4.90. The topological polar surface area (TPSA) is 74.8 Å². The number of aromatic amines is 1. The first-order chi connectivity index (χ1) is 8.56.